The zero-order chi connectivity index (χ0) is 13.3. The lowest BCUT2D eigenvalue weighted by Gasteiger charge is -2.20. The van der Waals surface area contributed by atoms with Gasteiger partial charge in [-0.05, 0) is 30.2 Å². The van der Waals surface area contributed by atoms with Gasteiger partial charge in [0.05, 0.1) is 0 Å². The number of nitrogens with two attached hydrogens (primary N) is 1. The molecule has 4 nitrogen and oxygen atoms in total. The van der Waals surface area contributed by atoms with Gasteiger partial charge in [0.1, 0.15) is 11.4 Å². The Morgan fingerprint density at radius 2 is 2.33 bits per heavy atom. The number of hydrogen-bond donors (Lipinski definition) is 2. The Kier molecular flexibility index (Phi) is 3.56. The highest BCUT2D eigenvalue weighted by atomic mass is 35.5. The van der Waals surface area contributed by atoms with E-state index in [1.165, 1.54) is 18.2 Å². The van der Waals surface area contributed by atoms with E-state index in [1.807, 2.05) is 4.90 Å². The SMILES string of the molecule is NC1(C(=O)O)CCN(Cc2cc(F)ccc2Cl)C1. The average Bonchev–Trinajstić information content (AvgIpc) is 2.67. The van der Waals surface area contributed by atoms with Crippen LogP contribution in [0.1, 0.15) is 12.0 Å². The van der Waals surface area contributed by atoms with Crippen molar-refractivity contribution in [3.05, 3.63) is 34.6 Å². The zero-order valence-corrected chi connectivity index (χ0v) is 10.5. The van der Waals surface area contributed by atoms with E-state index in [9.17, 15) is 9.18 Å². The van der Waals surface area contributed by atoms with Gasteiger partial charge >= 0.3 is 5.97 Å². The smallest absolute Gasteiger partial charge is 0.325 e. The number of likely N-dealkylation sites (tertiary alicyclic amines) is 1. The third-order valence-corrected chi connectivity index (χ3v) is 3.58. The Labute approximate surface area is 109 Å². The fraction of sp³-hybridized carbons (Fsp3) is 0.417. The van der Waals surface area contributed by atoms with Crippen molar-refractivity contribution in [2.45, 2.75) is 18.5 Å². The first-order valence-electron chi connectivity index (χ1n) is 5.59. The number of nitrogens with zero attached hydrogens (tertiary/aromatic N) is 1. The minimum absolute atomic E-state index is 0.245. The molecule has 1 saturated heterocycles. The molecular weight excluding hydrogens is 259 g/mol. The number of halogens is 2. The number of aliphatic carboxylic acids is 1. The van der Waals surface area contributed by atoms with Gasteiger partial charge in [-0.15, -0.1) is 0 Å². The van der Waals surface area contributed by atoms with E-state index in [0.29, 0.717) is 30.1 Å². The van der Waals surface area contributed by atoms with Crippen molar-refractivity contribution in [3.63, 3.8) is 0 Å². The van der Waals surface area contributed by atoms with Crippen molar-refractivity contribution in [1.29, 1.82) is 0 Å². The van der Waals surface area contributed by atoms with Crippen molar-refractivity contribution in [2.75, 3.05) is 13.1 Å². The molecule has 1 atom stereocenters. The lowest BCUT2D eigenvalue weighted by molar-refractivity contribution is -0.142. The normalized spacial score (nSPS) is 24.4. The number of carboxylic acid groups (broad SMARTS) is 1. The standard InChI is InChI=1S/C12H14ClFN2O2/c13-10-2-1-9(14)5-8(10)6-16-4-3-12(15,7-16)11(17)18/h1-2,5H,3-4,6-7,15H2,(H,17,18). The second-order valence-electron chi connectivity index (χ2n) is 4.66. The summed E-state index contributed by atoms with van der Waals surface area (Å²) in [7, 11) is 0. The Hall–Kier alpha value is -1.17. The molecule has 1 heterocycles. The highest BCUT2D eigenvalue weighted by molar-refractivity contribution is 6.31. The number of carbonyl (C=O) groups is 1. The summed E-state index contributed by atoms with van der Waals surface area (Å²) >= 11 is 5.97. The first-order chi connectivity index (χ1) is 8.40. The van der Waals surface area contributed by atoms with Crippen LogP contribution in [0.2, 0.25) is 5.02 Å². The molecule has 0 bridgehead atoms. The molecular formula is C12H14ClFN2O2. The first-order valence-corrected chi connectivity index (χ1v) is 5.97. The molecule has 1 fully saturated rings. The van der Waals surface area contributed by atoms with Crippen LogP contribution in [-0.2, 0) is 11.3 Å². The maximum absolute atomic E-state index is 13.1. The van der Waals surface area contributed by atoms with Crippen molar-refractivity contribution in [2.24, 2.45) is 5.73 Å². The summed E-state index contributed by atoms with van der Waals surface area (Å²) in [5.41, 5.74) is 5.20. The number of benzene rings is 1. The first kappa shape index (κ1) is 13.3. The second-order valence-corrected chi connectivity index (χ2v) is 5.06. The summed E-state index contributed by atoms with van der Waals surface area (Å²) in [4.78, 5) is 12.9. The summed E-state index contributed by atoms with van der Waals surface area (Å²) in [5.74, 6) is -1.36. The van der Waals surface area contributed by atoms with E-state index in [2.05, 4.69) is 0 Å². The fourth-order valence-electron chi connectivity index (χ4n) is 2.13. The van der Waals surface area contributed by atoms with Crippen molar-refractivity contribution >= 4 is 17.6 Å². The molecule has 1 aliphatic heterocycles. The molecule has 0 aliphatic carbocycles. The van der Waals surface area contributed by atoms with Crippen molar-refractivity contribution in [1.82, 2.24) is 4.90 Å². The van der Waals surface area contributed by atoms with Gasteiger partial charge in [0.25, 0.3) is 0 Å². The summed E-state index contributed by atoms with van der Waals surface area (Å²) < 4.78 is 13.1. The maximum Gasteiger partial charge on any atom is 0.325 e. The quantitative estimate of drug-likeness (QED) is 0.874. The third kappa shape index (κ3) is 2.63. The van der Waals surface area contributed by atoms with Crippen LogP contribution >= 0.6 is 11.6 Å². The van der Waals surface area contributed by atoms with Gasteiger partial charge in [-0.2, -0.15) is 0 Å². The van der Waals surface area contributed by atoms with E-state index in [0.717, 1.165) is 0 Å². The summed E-state index contributed by atoms with van der Waals surface area (Å²) in [6.07, 6.45) is 0.384. The monoisotopic (exact) mass is 272 g/mol. The van der Waals surface area contributed by atoms with Crippen LogP contribution < -0.4 is 5.73 Å². The molecule has 1 aromatic carbocycles. The van der Waals surface area contributed by atoms with Crippen molar-refractivity contribution < 1.29 is 14.3 Å². The summed E-state index contributed by atoms with van der Waals surface area (Å²) in [5, 5.41) is 9.49. The third-order valence-electron chi connectivity index (χ3n) is 3.21. The summed E-state index contributed by atoms with van der Waals surface area (Å²) in [6, 6.07) is 4.15. The van der Waals surface area contributed by atoms with E-state index in [1.54, 1.807) is 0 Å². The molecule has 3 N–H and O–H groups in total. The maximum atomic E-state index is 13.1. The van der Waals surface area contributed by atoms with E-state index >= 15 is 0 Å². The van der Waals surface area contributed by atoms with Crippen LogP contribution in [0.3, 0.4) is 0 Å². The molecule has 0 aromatic heterocycles. The Bertz CT molecular complexity index is 483. The molecule has 0 saturated carbocycles. The van der Waals surface area contributed by atoms with Gasteiger partial charge in [0, 0.05) is 24.7 Å². The van der Waals surface area contributed by atoms with Gasteiger partial charge in [-0.25, -0.2) is 4.39 Å². The van der Waals surface area contributed by atoms with E-state index < -0.39 is 11.5 Å². The van der Waals surface area contributed by atoms with E-state index in [-0.39, 0.29) is 12.4 Å². The predicted molar refractivity (Wildman–Crippen MR) is 65.9 cm³/mol. The van der Waals surface area contributed by atoms with Gasteiger partial charge < -0.3 is 10.8 Å². The van der Waals surface area contributed by atoms with Crippen LogP contribution in [0.5, 0.6) is 0 Å². The molecule has 2 rings (SSSR count). The van der Waals surface area contributed by atoms with Gasteiger partial charge in [0.15, 0.2) is 0 Å². The predicted octanol–water partition coefficient (Wildman–Crippen LogP) is 1.47. The van der Waals surface area contributed by atoms with Gasteiger partial charge in [-0.3, -0.25) is 9.69 Å². The number of hydrogen-bond acceptors (Lipinski definition) is 3. The zero-order valence-electron chi connectivity index (χ0n) is 9.70. The van der Waals surface area contributed by atoms with E-state index in [4.69, 9.17) is 22.4 Å². The second kappa shape index (κ2) is 4.84. The fourth-order valence-corrected chi connectivity index (χ4v) is 2.31. The largest absolute Gasteiger partial charge is 0.480 e. The van der Waals surface area contributed by atoms with Crippen LogP contribution in [0, 0.1) is 5.82 Å². The number of carboxylic acids is 1. The minimum Gasteiger partial charge on any atom is -0.480 e. The van der Waals surface area contributed by atoms with Crippen LogP contribution in [-0.4, -0.2) is 34.6 Å². The molecule has 0 spiro atoms. The molecule has 98 valence electrons. The number of rotatable bonds is 3. The van der Waals surface area contributed by atoms with Crippen molar-refractivity contribution in [3.8, 4) is 0 Å². The Morgan fingerprint density at radius 3 is 2.94 bits per heavy atom. The lowest BCUT2D eigenvalue weighted by Crippen LogP contribution is -2.50. The molecule has 1 aromatic rings. The molecule has 18 heavy (non-hydrogen) atoms. The lowest BCUT2D eigenvalue weighted by atomic mass is 10.0. The highest BCUT2D eigenvalue weighted by Gasteiger charge is 2.41. The minimum atomic E-state index is -1.21. The highest BCUT2D eigenvalue weighted by Crippen LogP contribution is 2.24. The Morgan fingerprint density at radius 1 is 1.61 bits per heavy atom. The molecule has 0 radical (unpaired) electrons. The van der Waals surface area contributed by atoms with Crippen LogP contribution in [0.4, 0.5) is 4.39 Å². The average molecular weight is 273 g/mol. The summed E-state index contributed by atoms with van der Waals surface area (Å²) in [6.45, 7) is 1.22. The van der Waals surface area contributed by atoms with Crippen LogP contribution in [0.25, 0.3) is 0 Å². The van der Waals surface area contributed by atoms with Gasteiger partial charge in [0.2, 0.25) is 0 Å². The topological polar surface area (TPSA) is 66.6 Å². The van der Waals surface area contributed by atoms with Gasteiger partial charge in [-0.1, -0.05) is 11.6 Å². The molecule has 1 unspecified atom stereocenters. The molecule has 0 amide bonds. The Balaban J connectivity index is 2.08. The molecule has 1 aliphatic rings. The molecule has 6 heteroatoms. The van der Waals surface area contributed by atoms with Crippen LogP contribution in [0.15, 0.2) is 18.2 Å².